The van der Waals surface area contributed by atoms with Crippen LogP contribution in [0.4, 0.5) is 5.69 Å². The van der Waals surface area contributed by atoms with Crippen LogP contribution in [0.25, 0.3) is 0 Å². The second kappa shape index (κ2) is 6.69. The van der Waals surface area contributed by atoms with Crippen LogP contribution in [0.1, 0.15) is 31.2 Å². The van der Waals surface area contributed by atoms with E-state index >= 15 is 0 Å². The molecule has 0 saturated heterocycles. The molecule has 0 aromatic heterocycles. The zero-order chi connectivity index (χ0) is 16.2. The van der Waals surface area contributed by atoms with Gasteiger partial charge in [0.25, 0.3) is 0 Å². The smallest absolute Gasteiger partial charge is 0.242 e. The molecule has 0 atom stereocenters. The first-order valence-electron chi connectivity index (χ1n) is 7.98. The topological polar surface area (TPSA) is 85.2 Å². The average Bonchev–Trinajstić information content (AvgIpc) is 3.44. The largest absolute Gasteiger partial charge is 0.376 e. The Kier molecular flexibility index (Phi) is 4.47. The van der Waals surface area contributed by atoms with E-state index in [1.165, 1.54) is 0 Å². The molecule has 0 radical (unpaired) electrons. The summed E-state index contributed by atoms with van der Waals surface area (Å²) in [6.45, 7) is 0.300. The van der Waals surface area contributed by atoms with Crippen molar-refractivity contribution in [2.75, 3.05) is 18.4 Å². The van der Waals surface area contributed by atoms with Crippen LogP contribution in [0.2, 0.25) is 0 Å². The number of nitrogens with zero attached hydrogens (tertiary/aromatic N) is 2. The van der Waals surface area contributed by atoms with Gasteiger partial charge >= 0.3 is 0 Å². The second-order valence-corrected chi connectivity index (χ2v) is 6.14. The number of amides is 2. The van der Waals surface area contributed by atoms with Crippen LogP contribution in [-0.2, 0) is 9.59 Å². The quantitative estimate of drug-likeness (QED) is 0.793. The first-order valence-corrected chi connectivity index (χ1v) is 7.98. The molecule has 0 spiro atoms. The number of nitrogens with one attached hydrogen (secondary N) is 2. The summed E-state index contributed by atoms with van der Waals surface area (Å²) in [5.74, 6) is -0.131. The number of rotatable bonds is 7. The van der Waals surface area contributed by atoms with Crippen molar-refractivity contribution in [1.29, 1.82) is 5.26 Å². The maximum absolute atomic E-state index is 12.4. The lowest BCUT2D eigenvalue weighted by molar-refractivity contribution is -0.135. The average molecular weight is 312 g/mol. The standard InChI is InChI=1S/C17H20N4O2/c18-9-12-1-3-13(4-2-12)19-10-17(23)21(15-7-8-15)11-16(22)20-14-5-6-14/h1-4,14-15,19H,5-8,10-11H2,(H,20,22). The van der Waals surface area contributed by atoms with Gasteiger partial charge in [0.15, 0.2) is 0 Å². The number of nitriles is 1. The number of benzene rings is 1. The van der Waals surface area contributed by atoms with Crippen LogP contribution < -0.4 is 10.6 Å². The van der Waals surface area contributed by atoms with Crippen molar-refractivity contribution in [3.05, 3.63) is 29.8 Å². The molecule has 6 heteroatoms. The number of anilines is 1. The summed E-state index contributed by atoms with van der Waals surface area (Å²) >= 11 is 0. The number of carbonyl (C=O) groups excluding carboxylic acids is 2. The van der Waals surface area contributed by atoms with Crippen molar-refractivity contribution >= 4 is 17.5 Å². The summed E-state index contributed by atoms with van der Waals surface area (Å²) in [5.41, 5.74) is 1.37. The summed E-state index contributed by atoms with van der Waals surface area (Å²) < 4.78 is 0. The Labute approximate surface area is 135 Å². The first kappa shape index (κ1) is 15.3. The summed E-state index contributed by atoms with van der Waals surface area (Å²) in [4.78, 5) is 26.0. The molecule has 3 rings (SSSR count). The molecule has 1 aromatic carbocycles. The zero-order valence-electron chi connectivity index (χ0n) is 12.9. The third-order valence-corrected chi connectivity index (χ3v) is 4.02. The number of carbonyl (C=O) groups is 2. The summed E-state index contributed by atoms with van der Waals surface area (Å²) in [7, 11) is 0. The highest BCUT2D eigenvalue weighted by atomic mass is 16.2. The Morgan fingerprint density at radius 1 is 1.17 bits per heavy atom. The van der Waals surface area contributed by atoms with E-state index in [2.05, 4.69) is 16.7 Å². The molecule has 1 aromatic rings. The highest BCUT2D eigenvalue weighted by molar-refractivity contribution is 5.87. The molecule has 23 heavy (non-hydrogen) atoms. The van der Waals surface area contributed by atoms with Crippen LogP contribution >= 0.6 is 0 Å². The minimum absolute atomic E-state index is 0.0638. The predicted molar refractivity (Wildman–Crippen MR) is 85.5 cm³/mol. The van der Waals surface area contributed by atoms with E-state index in [9.17, 15) is 9.59 Å². The van der Waals surface area contributed by atoms with Gasteiger partial charge in [-0.2, -0.15) is 5.26 Å². The van der Waals surface area contributed by atoms with E-state index in [0.717, 1.165) is 31.4 Å². The third kappa shape index (κ3) is 4.46. The first-order chi connectivity index (χ1) is 11.2. The van der Waals surface area contributed by atoms with Crippen molar-refractivity contribution in [1.82, 2.24) is 10.2 Å². The van der Waals surface area contributed by atoms with Crippen LogP contribution in [0.3, 0.4) is 0 Å². The fourth-order valence-corrected chi connectivity index (χ4v) is 2.40. The molecule has 0 unspecified atom stereocenters. The lowest BCUT2D eigenvalue weighted by atomic mass is 10.2. The number of hydrogen-bond acceptors (Lipinski definition) is 4. The van der Waals surface area contributed by atoms with Crippen molar-refractivity contribution in [2.24, 2.45) is 0 Å². The Morgan fingerprint density at radius 3 is 2.43 bits per heavy atom. The van der Waals surface area contributed by atoms with Crippen molar-refractivity contribution in [3.8, 4) is 6.07 Å². The van der Waals surface area contributed by atoms with E-state index in [1.54, 1.807) is 29.2 Å². The highest BCUT2D eigenvalue weighted by Crippen LogP contribution is 2.27. The van der Waals surface area contributed by atoms with Gasteiger partial charge in [-0.3, -0.25) is 9.59 Å². The van der Waals surface area contributed by atoms with Gasteiger partial charge in [-0.25, -0.2) is 0 Å². The molecule has 2 aliphatic carbocycles. The Hall–Kier alpha value is -2.55. The summed E-state index contributed by atoms with van der Waals surface area (Å²) in [6, 6.07) is 9.52. The molecule has 0 aliphatic heterocycles. The van der Waals surface area contributed by atoms with E-state index in [-0.39, 0.29) is 30.9 Å². The monoisotopic (exact) mass is 312 g/mol. The van der Waals surface area contributed by atoms with Crippen LogP contribution in [-0.4, -0.2) is 41.9 Å². The molecule has 2 N–H and O–H groups in total. The van der Waals surface area contributed by atoms with E-state index in [4.69, 9.17) is 5.26 Å². The molecule has 0 bridgehead atoms. The molecule has 120 valence electrons. The van der Waals surface area contributed by atoms with Crippen LogP contribution in [0.15, 0.2) is 24.3 Å². The molecule has 2 fully saturated rings. The van der Waals surface area contributed by atoms with E-state index in [0.29, 0.717) is 11.6 Å². The van der Waals surface area contributed by atoms with Gasteiger partial charge in [0.05, 0.1) is 24.7 Å². The van der Waals surface area contributed by atoms with Gasteiger partial charge in [0.1, 0.15) is 0 Å². The Bertz CT molecular complexity index is 627. The van der Waals surface area contributed by atoms with Crippen LogP contribution in [0.5, 0.6) is 0 Å². The van der Waals surface area contributed by atoms with E-state index < -0.39 is 0 Å². The predicted octanol–water partition coefficient (Wildman–Crippen LogP) is 1.24. The summed E-state index contributed by atoms with van der Waals surface area (Å²) in [6.07, 6.45) is 4.03. The van der Waals surface area contributed by atoms with E-state index in [1.807, 2.05) is 0 Å². The maximum Gasteiger partial charge on any atom is 0.242 e. The SMILES string of the molecule is N#Cc1ccc(NCC(=O)N(CC(=O)NC2CC2)C2CC2)cc1. The molecule has 0 heterocycles. The van der Waals surface area contributed by atoms with Gasteiger partial charge in [-0.1, -0.05) is 0 Å². The van der Waals surface area contributed by atoms with Gasteiger partial charge in [0.2, 0.25) is 11.8 Å². The van der Waals surface area contributed by atoms with Crippen molar-refractivity contribution < 1.29 is 9.59 Å². The highest BCUT2D eigenvalue weighted by Gasteiger charge is 2.34. The Morgan fingerprint density at radius 2 is 1.87 bits per heavy atom. The number of hydrogen-bond donors (Lipinski definition) is 2. The van der Waals surface area contributed by atoms with Gasteiger partial charge in [0, 0.05) is 17.8 Å². The molecule has 2 aliphatic rings. The minimum atomic E-state index is -0.0668. The van der Waals surface area contributed by atoms with Crippen LogP contribution in [0, 0.1) is 11.3 Å². The normalized spacial score (nSPS) is 16.3. The maximum atomic E-state index is 12.4. The molecular weight excluding hydrogens is 292 g/mol. The lowest BCUT2D eigenvalue weighted by Crippen LogP contribution is -2.44. The van der Waals surface area contributed by atoms with Gasteiger partial charge < -0.3 is 15.5 Å². The lowest BCUT2D eigenvalue weighted by Gasteiger charge is -2.22. The van der Waals surface area contributed by atoms with Gasteiger partial charge in [-0.15, -0.1) is 0 Å². The fraction of sp³-hybridized carbons (Fsp3) is 0.471. The van der Waals surface area contributed by atoms with Crippen molar-refractivity contribution in [2.45, 2.75) is 37.8 Å². The summed E-state index contributed by atoms with van der Waals surface area (Å²) in [5, 5.41) is 14.7. The second-order valence-electron chi connectivity index (χ2n) is 6.14. The fourth-order valence-electron chi connectivity index (χ4n) is 2.40. The van der Waals surface area contributed by atoms with Gasteiger partial charge in [-0.05, 0) is 49.9 Å². The molecule has 6 nitrogen and oxygen atoms in total. The molecule has 2 saturated carbocycles. The van der Waals surface area contributed by atoms with Crippen molar-refractivity contribution in [3.63, 3.8) is 0 Å². The zero-order valence-corrected chi connectivity index (χ0v) is 12.9. The third-order valence-electron chi connectivity index (χ3n) is 4.02. The molecular formula is C17H20N4O2. The molecule has 2 amide bonds. The minimum Gasteiger partial charge on any atom is -0.376 e. The Balaban J connectivity index is 1.51.